The molecule has 0 heterocycles. The third-order valence-electron chi connectivity index (χ3n) is 2.68. The number of alkyl halides is 1. The summed E-state index contributed by atoms with van der Waals surface area (Å²) in [6.07, 6.45) is 2.38. The first-order valence-electron chi connectivity index (χ1n) is 7.32. The molecule has 0 unspecified atom stereocenters. The topological polar surface area (TPSA) is 47.6 Å². The monoisotopic (exact) mass is 357 g/mol. The van der Waals surface area contributed by atoms with Gasteiger partial charge < -0.3 is 14.8 Å². The molecule has 0 aliphatic heterocycles. The Morgan fingerprint density at radius 1 is 1.19 bits per heavy atom. The quantitative estimate of drug-likeness (QED) is 0.508. The van der Waals surface area contributed by atoms with E-state index >= 15 is 0 Å². The first-order valence-corrected chi connectivity index (χ1v) is 8.44. The normalized spacial score (nSPS) is 10.7. The van der Waals surface area contributed by atoms with Gasteiger partial charge in [-0.3, -0.25) is 4.79 Å². The number of rotatable bonds is 10. The summed E-state index contributed by atoms with van der Waals surface area (Å²) in [5.74, 6) is 0.828. The van der Waals surface area contributed by atoms with Crippen LogP contribution in [0, 0.1) is 0 Å². The summed E-state index contributed by atoms with van der Waals surface area (Å²) in [5.41, 5.74) is 0.789. The molecule has 0 bridgehead atoms. The summed E-state index contributed by atoms with van der Waals surface area (Å²) in [4.78, 5) is 11.7. The summed E-state index contributed by atoms with van der Waals surface area (Å²) >= 11 is 3.36. The average molecular weight is 358 g/mol. The maximum atomic E-state index is 11.7. The molecule has 1 rings (SSSR count). The van der Waals surface area contributed by atoms with E-state index in [9.17, 15) is 4.79 Å². The Hall–Kier alpha value is -1.07. The van der Waals surface area contributed by atoms with Crippen LogP contribution in [0.25, 0.3) is 0 Å². The number of hydrogen-bond donors (Lipinski definition) is 1. The third kappa shape index (κ3) is 8.73. The predicted molar refractivity (Wildman–Crippen MR) is 89.3 cm³/mol. The smallest absolute Gasteiger partial charge is 0.224 e. The van der Waals surface area contributed by atoms with Crippen LogP contribution in [0.1, 0.15) is 33.1 Å². The van der Waals surface area contributed by atoms with Gasteiger partial charge in [0.1, 0.15) is 5.75 Å². The van der Waals surface area contributed by atoms with Crippen molar-refractivity contribution in [3.63, 3.8) is 0 Å². The largest absolute Gasteiger partial charge is 0.494 e. The van der Waals surface area contributed by atoms with Crippen LogP contribution >= 0.6 is 15.9 Å². The molecule has 21 heavy (non-hydrogen) atoms. The lowest BCUT2D eigenvalue weighted by Crippen LogP contribution is -2.13. The second-order valence-corrected chi connectivity index (χ2v) is 5.78. The zero-order valence-electron chi connectivity index (χ0n) is 12.7. The highest BCUT2D eigenvalue weighted by Crippen LogP contribution is 2.16. The van der Waals surface area contributed by atoms with Crippen molar-refractivity contribution in [2.75, 3.05) is 23.9 Å². The molecule has 118 valence electrons. The van der Waals surface area contributed by atoms with E-state index in [1.807, 2.05) is 38.1 Å². The molecular formula is C16H24BrNO3. The Kier molecular flexibility index (Phi) is 9.10. The van der Waals surface area contributed by atoms with Gasteiger partial charge in [0.25, 0.3) is 0 Å². The van der Waals surface area contributed by atoms with Crippen LogP contribution in [-0.4, -0.2) is 30.6 Å². The zero-order valence-corrected chi connectivity index (χ0v) is 14.3. The van der Waals surface area contributed by atoms with Crippen molar-refractivity contribution < 1.29 is 14.3 Å². The molecule has 4 nitrogen and oxygen atoms in total. The van der Waals surface area contributed by atoms with Crippen molar-refractivity contribution in [3.05, 3.63) is 24.3 Å². The Morgan fingerprint density at radius 2 is 1.90 bits per heavy atom. The lowest BCUT2D eigenvalue weighted by atomic mass is 10.2. The van der Waals surface area contributed by atoms with Crippen molar-refractivity contribution in [3.8, 4) is 5.75 Å². The van der Waals surface area contributed by atoms with Crippen molar-refractivity contribution in [2.24, 2.45) is 0 Å². The van der Waals surface area contributed by atoms with Gasteiger partial charge in [0.2, 0.25) is 5.91 Å². The Balaban J connectivity index is 2.26. The Labute approximate surface area is 135 Å². The van der Waals surface area contributed by atoms with E-state index in [4.69, 9.17) is 9.47 Å². The first-order chi connectivity index (χ1) is 10.1. The van der Waals surface area contributed by atoms with E-state index in [1.165, 1.54) is 0 Å². The Morgan fingerprint density at radius 3 is 2.52 bits per heavy atom. The van der Waals surface area contributed by atoms with E-state index < -0.39 is 0 Å². The molecule has 0 atom stereocenters. The second-order valence-electron chi connectivity index (χ2n) is 4.99. The molecule has 1 aromatic carbocycles. The van der Waals surface area contributed by atoms with E-state index in [-0.39, 0.29) is 12.0 Å². The molecule has 1 N–H and O–H groups in total. The minimum Gasteiger partial charge on any atom is -0.494 e. The van der Waals surface area contributed by atoms with Crippen LogP contribution in [-0.2, 0) is 9.53 Å². The Bertz CT molecular complexity index is 406. The van der Waals surface area contributed by atoms with Crippen molar-refractivity contribution in [2.45, 2.75) is 39.2 Å². The number of hydrogen-bond acceptors (Lipinski definition) is 3. The van der Waals surface area contributed by atoms with E-state index in [2.05, 4.69) is 21.2 Å². The summed E-state index contributed by atoms with van der Waals surface area (Å²) in [7, 11) is 0. The molecular weight excluding hydrogens is 334 g/mol. The van der Waals surface area contributed by atoms with Crippen molar-refractivity contribution in [1.29, 1.82) is 0 Å². The summed E-state index contributed by atoms with van der Waals surface area (Å²) in [6, 6.07) is 7.44. The van der Waals surface area contributed by atoms with Crippen LogP contribution < -0.4 is 10.1 Å². The van der Waals surface area contributed by atoms with Gasteiger partial charge in [0.15, 0.2) is 0 Å². The van der Waals surface area contributed by atoms with Crippen molar-refractivity contribution in [1.82, 2.24) is 0 Å². The predicted octanol–water partition coefficient (Wildman–Crippen LogP) is 3.99. The molecule has 0 saturated heterocycles. The number of anilines is 1. The average Bonchev–Trinajstić information content (AvgIpc) is 2.45. The number of ether oxygens (including phenoxy) is 2. The first kappa shape index (κ1) is 18.0. The summed E-state index contributed by atoms with van der Waals surface area (Å²) < 4.78 is 11.0. The SMILES string of the molecule is CC(C)OCCCC(=O)Nc1ccc(OCCCBr)cc1. The van der Waals surface area contributed by atoms with E-state index in [0.717, 1.165) is 29.6 Å². The second kappa shape index (κ2) is 10.6. The number of halogens is 1. The van der Waals surface area contributed by atoms with Gasteiger partial charge in [0.05, 0.1) is 12.7 Å². The molecule has 1 aromatic rings. The number of carbonyl (C=O) groups excluding carboxylic acids is 1. The van der Waals surface area contributed by atoms with Crippen molar-refractivity contribution >= 4 is 27.5 Å². The zero-order chi connectivity index (χ0) is 15.5. The number of amides is 1. The van der Waals surface area contributed by atoms with Gasteiger partial charge in [-0.25, -0.2) is 0 Å². The summed E-state index contributed by atoms with van der Waals surface area (Å²) in [6.45, 7) is 5.28. The number of carbonyl (C=O) groups is 1. The van der Waals surface area contributed by atoms with Crippen LogP contribution in [0.2, 0.25) is 0 Å². The lowest BCUT2D eigenvalue weighted by molar-refractivity contribution is -0.116. The highest BCUT2D eigenvalue weighted by Gasteiger charge is 2.03. The summed E-state index contributed by atoms with van der Waals surface area (Å²) in [5, 5.41) is 3.80. The number of benzene rings is 1. The minimum atomic E-state index is 0.00955. The molecule has 0 aliphatic rings. The van der Waals surface area contributed by atoms with Gasteiger partial charge in [-0.2, -0.15) is 0 Å². The molecule has 5 heteroatoms. The minimum absolute atomic E-state index is 0.00955. The van der Waals surface area contributed by atoms with Crippen LogP contribution in [0.4, 0.5) is 5.69 Å². The van der Waals surface area contributed by atoms with Gasteiger partial charge in [-0.15, -0.1) is 0 Å². The fraction of sp³-hybridized carbons (Fsp3) is 0.562. The lowest BCUT2D eigenvalue weighted by Gasteiger charge is -2.09. The van der Waals surface area contributed by atoms with Gasteiger partial charge in [0, 0.05) is 24.0 Å². The molecule has 0 aromatic heterocycles. The molecule has 0 saturated carbocycles. The standard InChI is InChI=1S/C16H24BrNO3/c1-13(2)20-11-3-5-16(19)18-14-6-8-15(9-7-14)21-12-4-10-17/h6-9,13H,3-5,10-12H2,1-2H3,(H,18,19). The molecule has 0 spiro atoms. The fourth-order valence-electron chi connectivity index (χ4n) is 1.65. The fourth-order valence-corrected chi connectivity index (χ4v) is 1.88. The number of nitrogens with one attached hydrogen (secondary N) is 1. The van der Waals surface area contributed by atoms with Gasteiger partial charge >= 0.3 is 0 Å². The van der Waals surface area contributed by atoms with E-state index in [0.29, 0.717) is 19.6 Å². The van der Waals surface area contributed by atoms with Gasteiger partial charge in [-0.05, 0) is 51.0 Å². The third-order valence-corrected chi connectivity index (χ3v) is 3.24. The molecule has 0 radical (unpaired) electrons. The maximum absolute atomic E-state index is 11.7. The highest BCUT2D eigenvalue weighted by atomic mass is 79.9. The molecule has 0 fully saturated rings. The van der Waals surface area contributed by atoms with Gasteiger partial charge in [-0.1, -0.05) is 15.9 Å². The van der Waals surface area contributed by atoms with Crippen LogP contribution in [0.5, 0.6) is 5.75 Å². The van der Waals surface area contributed by atoms with Crippen LogP contribution in [0.3, 0.4) is 0 Å². The van der Waals surface area contributed by atoms with Crippen LogP contribution in [0.15, 0.2) is 24.3 Å². The molecule has 0 aliphatic carbocycles. The molecule has 1 amide bonds. The maximum Gasteiger partial charge on any atom is 0.224 e. The highest BCUT2D eigenvalue weighted by molar-refractivity contribution is 9.09. The van der Waals surface area contributed by atoms with E-state index in [1.54, 1.807) is 0 Å².